The van der Waals surface area contributed by atoms with Crippen LogP contribution < -0.4 is 4.72 Å². The van der Waals surface area contributed by atoms with Gasteiger partial charge in [0.1, 0.15) is 16.3 Å². The van der Waals surface area contributed by atoms with Crippen molar-refractivity contribution in [1.82, 2.24) is 4.72 Å². The summed E-state index contributed by atoms with van der Waals surface area (Å²) in [5.74, 6) is 0. The summed E-state index contributed by atoms with van der Waals surface area (Å²) in [5.41, 5.74) is 1.01. The van der Waals surface area contributed by atoms with Gasteiger partial charge in [0.15, 0.2) is 0 Å². The molecule has 1 unspecified atom stereocenters. The van der Waals surface area contributed by atoms with Crippen LogP contribution in [0.25, 0.3) is 0 Å². The predicted molar refractivity (Wildman–Crippen MR) is 77.7 cm³/mol. The van der Waals surface area contributed by atoms with Gasteiger partial charge < -0.3 is 0 Å². The van der Waals surface area contributed by atoms with Crippen LogP contribution in [0, 0.1) is 0 Å². The number of nitrogens with zero attached hydrogens (tertiary/aromatic N) is 2. The summed E-state index contributed by atoms with van der Waals surface area (Å²) in [4.78, 5) is 0.168. The maximum atomic E-state index is 12.2. The maximum Gasteiger partial charge on any atom is 0.242 e. The van der Waals surface area contributed by atoms with Crippen LogP contribution in [0.15, 0.2) is 31.8 Å². The van der Waals surface area contributed by atoms with Crippen LogP contribution in [0.4, 0.5) is 11.4 Å². The number of benzene rings is 1. The molecule has 0 radical (unpaired) electrons. The van der Waals surface area contributed by atoms with E-state index in [9.17, 15) is 8.42 Å². The molecule has 1 N–H and O–H groups in total. The van der Waals surface area contributed by atoms with Crippen molar-refractivity contribution in [2.45, 2.75) is 30.0 Å². The molecular formula is C11H14ClN3O2S2. The lowest BCUT2D eigenvalue weighted by atomic mass is 10.2. The van der Waals surface area contributed by atoms with Crippen LogP contribution in [-0.2, 0) is 21.4 Å². The van der Waals surface area contributed by atoms with E-state index in [4.69, 9.17) is 11.6 Å². The van der Waals surface area contributed by atoms with Gasteiger partial charge in [0.25, 0.3) is 0 Å². The molecule has 0 spiro atoms. The Morgan fingerprint density at radius 2 is 2.21 bits per heavy atom. The van der Waals surface area contributed by atoms with Crippen molar-refractivity contribution in [3.8, 4) is 0 Å². The van der Waals surface area contributed by atoms with Crippen molar-refractivity contribution >= 4 is 44.4 Å². The number of sulfonamides is 1. The van der Waals surface area contributed by atoms with Crippen LogP contribution in [0.2, 0.25) is 0 Å². The highest BCUT2D eigenvalue weighted by molar-refractivity contribution is 7.89. The number of nitrogens with one attached hydrogen (secondary N) is 1. The van der Waals surface area contributed by atoms with Gasteiger partial charge in [-0.25, -0.2) is 13.1 Å². The second-order valence-electron chi connectivity index (χ2n) is 4.08. The first-order chi connectivity index (χ1) is 9.04. The van der Waals surface area contributed by atoms with Gasteiger partial charge in [0, 0.05) is 11.9 Å². The summed E-state index contributed by atoms with van der Waals surface area (Å²) >= 11 is 6.96. The van der Waals surface area contributed by atoms with Crippen molar-refractivity contribution in [3.63, 3.8) is 0 Å². The highest BCUT2D eigenvalue weighted by atomic mass is 35.5. The summed E-state index contributed by atoms with van der Waals surface area (Å²) in [6, 6.07) is 4.93. The Hall–Kier alpha value is -0.760. The molecule has 0 fully saturated rings. The molecule has 0 saturated carbocycles. The van der Waals surface area contributed by atoms with Gasteiger partial charge in [-0.3, -0.25) is 0 Å². The van der Waals surface area contributed by atoms with Crippen molar-refractivity contribution in [1.29, 1.82) is 0 Å². The first-order valence-electron chi connectivity index (χ1n) is 5.89. The Labute approximate surface area is 121 Å². The average Bonchev–Trinajstić information content (AvgIpc) is 2.86. The van der Waals surface area contributed by atoms with E-state index in [2.05, 4.69) is 13.4 Å². The number of hydrogen-bond donors (Lipinski definition) is 1. The lowest BCUT2D eigenvalue weighted by Gasteiger charge is -2.10. The Bertz CT molecular complexity index is 639. The second kappa shape index (κ2) is 6.13. The van der Waals surface area contributed by atoms with Gasteiger partial charge in [-0.1, -0.05) is 13.0 Å². The van der Waals surface area contributed by atoms with Crippen molar-refractivity contribution in [3.05, 3.63) is 18.2 Å². The number of alkyl halides is 1. The molecule has 1 atom stereocenters. The number of hydrogen-bond acceptors (Lipinski definition) is 4. The Balaban J connectivity index is 2.13. The minimum absolute atomic E-state index is 0.0144. The molecular weight excluding hydrogens is 306 g/mol. The summed E-state index contributed by atoms with van der Waals surface area (Å²) in [6.07, 6.45) is 1.41. The molecule has 2 rings (SSSR count). The Morgan fingerprint density at radius 1 is 1.42 bits per heavy atom. The molecule has 1 aromatic rings. The van der Waals surface area contributed by atoms with E-state index in [-0.39, 0.29) is 10.3 Å². The monoisotopic (exact) mass is 319 g/mol. The fourth-order valence-electron chi connectivity index (χ4n) is 1.63. The van der Waals surface area contributed by atoms with E-state index in [0.29, 0.717) is 24.3 Å². The van der Waals surface area contributed by atoms with Gasteiger partial charge in [-0.05, 0) is 25.0 Å². The molecule has 8 heteroatoms. The predicted octanol–water partition coefficient (Wildman–Crippen LogP) is 3.10. The molecule has 0 amide bonds. The molecule has 1 aliphatic heterocycles. The van der Waals surface area contributed by atoms with Gasteiger partial charge in [-0.15, -0.1) is 11.6 Å². The molecule has 1 aromatic carbocycles. The normalized spacial score (nSPS) is 15.1. The molecule has 0 saturated heterocycles. The molecule has 0 aromatic heterocycles. The minimum Gasteiger partial charge on any atom is -0.211 e. The van der Waals surface area contributed by atoms with E-state index < -0.39 is 10.0 Å². The van der Waals surface area contributed by atoms with E-state index in [1.165, 1.54) is 6.07 Å². The highest BCUT2D eigenvalue weighted by Gasteiger charge is 2.22. The smallest absolute Gasteiger partial charge is 0.211 e. The average molecular weight is 320 g/mol. The zero-order chi connectivity index (χ0) is 13.9. The first kappa shape index (κ1) is 14.6. The van der Waals surface area contributed by atoms with Gasteiger partial charge in [0.2, 0.25) is 10.0 Å². The fraction of sp³-hybridized carbons (Fsp3) is 0.455. The molecule has 1 aliphatic rings. The summed E-state index contributed by atoms with van der Waals surface area (Å²) < 4.78 is 35.0. The molecule has 0 aliphatic carbocycles. The molecule has 0 bridgehead atoms. The van der Waals surface area contributed by atoms with Crippen molar-refractivity contribution in [2.24, 2.45) is 8.73 Å². The molecule has 5 nitrogen and oxygen atoms in total. The SMILES string of the molecule is CCC(Cl)CCNS(=O)(=O)c1cccc2c1N=S=N2. The van der Waals surface area contributed by atoms with Crippen LogP contribution in [0.1, 0.15) is 19.8 Å². The van der Waals surface area contributed by atoms with Crippen molar-refractivity contribution in [2.75, 3.05) is 6.54 Å². The molecule has 1 heterocycles. The zero-order valence-corrected chi connectivity index (χ0v) is 12.7. The highest BCUT2D eigenvalue weighted by Crippen LogP contribution is 2.37. The van der Waals surface area contributed by atoms with Gasteiger partial charge >= 0.3 is 0 Å². The number of fused-ring (bicyclic) bond motifs is 1. The van der Waals surface area contributed by atoms with E-state index in [1.54, 1.807) is 12.1 Å². The number of halogens is 1. The molecule has 19 heavy (non-hydrogen) atoms. The summed E-state index contributed by atoms with van der Waals surface area (Å²) in [6.45, 7) is 2.28. The van der Waals surface area contributed by atoms with Crippen molar-refractivity contribution < 1.29 is 8.42 Å². The summed E-state index contributed by atoms with van der Waals surface area (Å²) in [5, 5.41) is -0.0144. The van der Waals surface area contributed by atoms with Crippen LogP contribution in [0.3, 0.4) is 0 Å². The summed E-state index contributed by atoms with van der Waals surface area (Å²) in [7, 11) is -3.57. The molecule has 104 valence electrons. The fourth-order valence-corrected chi connectivity index (χ4v) is 3.55. The largest absolute Gasteiger partial charge is 0.242 e. The zero-order valence-electron chi connectivity index (χ0n) is 10.3. The topological polar surface area (TPSA) is 70.9 Å². The second-order valence-corrected chi connectivity index (χ2v) is 6.96. The third-order valence-electron chi connectivity index (χ3n) is 2.73. The van der Waals surface area contributed by atoms with Gasteiger partial charge in [-0.2, -0.15) is 8.73 Å². The number of rotatable bonds is 6. The third-order valence-corrected chi connectivity index (χ3v) is 5.29. The van der Waals surface area contributed by atoms with Crippen LogP contribution >= 0.6 is 11.6 Å². The quantitative estimate of drug-likeness (QED) is 0.831. The van der Waals surface area contributed by atoms with Crippen LogP contribution in [0.5, 0.6) is 0 Å². The Morgan fingerprint density at radius 3 is 2.95 bits per heavy atom. The lowest BCUT2D eigenvalue weighted by molar-refractivity contribution is 0.577. The maximum absolute atomic E-state index is 12.2. The van der Waals surface area contributed by atoms with E-state index in [0.717, 1.165) is 17.8 Å². The van der Waals surface area contributed by atoms with E-state index in [1.807, 2.05) is 6.92 Å². The standard InChI is InChI=1S/C11H14ClN3O2S2/c1-2-8(12)6-7-13-19(16,17)10-5-3-4-9-11(10)15-18-14-9/h3-5,8,13H,2,6-7H2,1H3. The Kier molecular flexibility index (Phi) is 4.72. The minimum atomic E-state index is -3.57. The third kappa shape index (κ3) is 3.42. The van der Waals surface area contributed by atoms with E-state index >= 15 is 0 Å². The van der Waals surface area contributed by atoms with Gasteiger partial charge in [0.05, 0.1) is 11.4 Å². The first-order valence-corrected chi connectivity index (χ1v) is 8.54. The lowest BCUT2D eigenvalue weighted by Crippen LogP contribution is -2.26. The van der Waals surface area contributed by atoms with Crippen LogP contribution in [-0.4, -0.2) is 20.3 Å².